The van der Waals surface area contributed by atoms with Crippen LogP contribution in [-0.4, -0.2) is 4.98 Å². The molecule has 2 rings (SSSR count). The number of hydrogen-bond donors (Lipinski definition) is 1. The standard InChI is InChI=1S/C12H6BrF2N3/c13-8-3-10(15)11(4-9(8)14)18-12-2-1-7(5-16)6-17-12/h1-4,6H,(H,17,18). The number of aromatic nitrogens is 1. The lowest BCUT2D eigenvalue weighted by Crippen LogP contribution is -1.97. The number of rotatable bonds is 2. The summed E-state index contributed by atoms with van der Waals surface area (Å²) in [7, 11) is 0. The molecular weight excluding hydrogens is 304 g/mol. The predicted molar refractivity (Wildman–Crippen MR) is 66.3 cm³/mol. The van der Waals surface area contributed by atoms with Gasteiger partial charge in [0.2, 0.25) is 0 Å². The Labute approximate surface area is 110 Å². The van der Waals surface area contributed by atoms with Gasteiger partial charge in [0.05, 0.1) is 15.7 Å². The molecule has 0 amide bonds. The van der Waals surface area contributed by atoms with E-state index in [1.165, 1.54) is 18.3 Å². The molecule has 0 unspecified atom stereocenters. The molecule has 1 N–H and O–H groups in total. The Balaban J connectivity index is 2.28. The monoisotopic (exact) mass is 309 g/mol. The molecule has 0 radical (unpaired) electrons. The molecule has 0 saturated carbocycles. The first kappa shape index (κ1) is 12.5. The van der Waals surface area contributed by atoms with Crippen molar-refractivity contribution in [2.24, 2.45) is 0 Å². The van der Waals surface area contributed by atoms with Gasteiger partial charge in [0.25, 0.3) is 0 Å². The van der Waals surface area contributed by atoms with Crippen molar-refractivity contribution in [2.45, 2.75) is 0 Å². The van der Waals surface area contributed by atoms with Crippen LogP contribution in [0.3, 0.4) is 0 Å². The van der Waals surface area contributed by atoms with E-state index in [9.17, 15) is 8.78 Å². The molecule has 6 heteroatoms. The smallest absolute Gasteiger partial charge is 0.148 e. The highest BCUT2D eigenvalue weighted by Crippen LogP contribution is 2.25. The largest absolute Gasteiger partial charge is 0.338 e. The Kier molecular flexibility index (Phi) is 3.53. The number of hydrogen-bond acceptors (Lipinski definition) is 3. The zero-order valence-electron chi connectivity index (χ0n) is 8.92. The maximum Gasteiger partial charge on any atom is 0.148 e. The number of halogens is 3. The van der Waals surface area contributed by atoms with Crippen molar-refractivity contribution in [3.05, 3.63) is 52.1 Å². The number of nitriles is 1. The summed E-state index contributed by atoms with van der Waals surface area (Å²) in [5.74, 6) is -0.850. The van der Waals surface area contributed by atoms with Crippen LogP contribution in [0.15, 0.2) is 34.9 Å². The SMILES string of the molecule is N#Cc1ccc(Nc2cc(F)c(Br)cc2F)nc1. The lowest BCUT2D eigenvalue weighted by Gasteiger charge is -2.07. The predicted octanol–water partition coefficient (Wildman–Crippen LogP) is 3.74. The first-order valence-corrected chi connectivity index (χ1v) is 5.67. The molecule has 0 spiro atoms. The van der Waals surface area contributed by atoms with Gasteiger partial charge in [-0.2, -0.15) is 5.26 Å². The number of nitrogens with one attached hydrogen (secondary N) is 1. The van der Waals surface area contributed by atoms with E-state index in [2.05, 4.69) is 26.2 Å². The fourth-order valence-corrected chi connectivity index (χ4v) is 1.61. The molecule has 1 aromatic carbocycles. The molecule has 90 valence electrons. The Morgan fingerprint density at radius 1 is 1.22 bits per heavy atom. The number of pyridine rings is 1. The van der Waals surface area contributed by atoms with Crippen LogP contribution in [0.4, 0.5) is 20.3 Å². The van der Waals surface area contributed by atoms with Crippen molar-refractivity contribution >= 4 is 27.4 Å². The molecule has 0 aliphatic carbocycles. The number of nitrogens with zero attached hydrogens (tertiary/aromatic N) is 2. The van der Waals surface area contributed by atoms with Gasteiger partial charge in [-0.3, -0.25) is 0 Å². The second-order valence-corrected chi connectivity index (χ2v) is 4.27. The molecule has 0 saturated heterocycles. The van der Waals surface area contributed by atoms with E-state index >= 15 is 0 Å². The van der Waals surface area contributed by atoms with Crippen LogP contribution in [0.2, 0.25) is 0 Å². The summed E-state index contributed by atoms with van der Waals surface area (Å²) in [4.78, 5) is 3.90. The Morgan fingerprint density at radius 2 is 2.00 bits per heavy atom. The lowest BCUT2D eigenvalue weighted by atomic mass is 10.2. The van der Waals surface area contributed by atoms with Gasteiger partial charge >= 0.3 is 0 Å². The fraction of sp³-hybridized carbons (Fsp3) is 0. The minimum atomic E-state index is -0.602. The summed E-state index contributed by atoms with van der Waals surface area (Å²) in [6.07, 6.45) is 1.34. The highest BCUT2D eigenvalue weighted by Gasteiger charge is 2.08. The molecule has 0 aliphatic rings. The van der Waals surface area contributed by atoms with Gasteiger partial charge in [-0.15, -0.1) is 0 Å². The van der Waals surface area contributed by atoms with Crippen LogP contribution in [0.1, 0.15) is 5.56 Å². The molecule has 0 bridgehead atoms. The van der Waals surface area contributed by atoms with E-state index in [-0.39, 0.29) is 10.2 Å². The molecular formula is C12H6BrF2N3. The highest BCUT2D eigenvalue weighted by molar-refractivity contribution is 9.10. The van der Waals surface area contributed by atoms with Gasteiger partial charge < -0.3 is 5.32 Å². The molecule has 3 nitrogen and oxygen atoms in total. The van der Waals surface area contributed by atoms with Crippen LogP contribution < -0.4 is 5.32 Å². The second-order valence-electron chi connectivity index (χ2n) is 3.42. The van der Waals surface area contributed by atoms with Gasteiger partial charge in [-0.25, -0.2) is 13.8 Å². The molecule has 18 heavy (non-hydrogen) atoms. The van der Waals surface area contributed by atoms with Crippen molar-refractivity contribution in [3.63, 3.8) is 0 Å². The highest BCUT2D eigenvalue weighted by atomic mass is 79.9. The number of anilines is 2. The Hall–Kier alpha value is -2.00. The molecule has 1 heterocycles. The zero-order valence-corrected chi connectivity index (χ0v) is 10.5. The lowest BCUT2D eigenvalue weighted by molar-refractivity contribution is 0.598. The average Bonchev–Trinajstić information content (AvgIpc) is 2.37. The van der Waals surface area contributed by atoms with Crippen molar-refractivity contribution < 1.29 is 8.78 Å². The minimum Gasteiger partial charge on any atom is -0.338 e. The molecule has 2 aromatic rings. The third-order valence-corrected chi connectivity index (χ3v) is 2.77. The average molecular weight is 310 g/mol. The summed E-state index contributed by atoms with van der Waals surface area (Å²) in [5, 5.41) is 11.2. The fourth-order valence-electron chi connectivity index (χ4n) is 1.29. The van der Waals surface area contributed by atoms with Crippen LogP contribution >= 0.6 is 15.9 Å². The van der Waals surface area contributed by atoms with Gasteiger partial charge in [0, 0.05) is 12.3 Å². The van der Waals surface area contributed by atoms with E-state index < -0.39 is 11.6 Å². The topological polar surface area (TPSA) is 48.7 Å². The van der Waals surface area contributed by atoms with Gasteiger partial charge in [-0.05, 0) is 34.1 Å². The maximum absolute atomic E-state index is 13.5. The van der Waals surface area contributed by atoms with Crippen LogP contribution in [0.5, 0.6) is 0 Å². The third-order valence-electron chi connectivity index (χ3n) is 2.17. The second kappa shape index (κ2) is 5.10. The van der Waals surface area contributed by atoms with E-state index in [4.69, 9.17) is 5.26 Å². The van der Waals surface area contributed by atoms with Crippen LogP contribution in [0, 0.1) is 23.0 Å². The van der Waals surface area contributed by atoms with Crippen LogP contribution in [-0.2, 0) is 0 Å². The van der Waals surface area contributed by atoms with Gasteiger partial charge in [0.15, 0.2) is 0 Å². The van der Waals surface area contributed by atoms with Gasteiger partial charge in [-0.1, -0.05) is 0 Å². The molecule has 0 atom stereocenters. The Morgan fingerprint density at radius 3 is 2.61 bits per heavy atom. The third kappa shape index (κ3) is 2.63. The summed E-state index contributed by atoms with van der Waals surface area (Å²) < 4.78 is 26.8. The quantitative estimate of drug-likeness (QED) is 0.860. The summed E-state index contributed by atoms with van der Waals surface area (Å²) >= 11 is 2.89. The van der Waals surface area contributed by atoms with Gasteiger partial charge in [0.1, 0.15) is 23.5 Å². The van der Waals surface area contributed by atoms with E-state index in [1.807, 2.05) is 6.07 Å². The summed E-state index contributed by atoms with van der Waals surface area (Å²) in [6, 6.07) is 7.01. The normalized spacial score (nSPS) is 9.89. The van der Waals surface area contributed by atoms with E-state index in [0.717, 1.165) is 12.1 Å². The van der Waals surface area contributed by atoms with Crippen molar-refractivity contribution in [3.8, 4) is 6.07 Å². The van der Waals surface area contributed by atoms with Crippen molar-refractivity contribution in [1.29, 1.82) is 5.26 Å². The van der Waals surface area contributed by atoms with Crippen molar-refractivity contribution in [1.82, 2.24) is 4.98 Å². The minimum absolute atomic E-state index is 0.0205. The maximum atomic E-state index is 13.5. The summed E-state index contributed by atoms with van der Waals surface area (Å²) in [5.41, 5.74) is 0.371. The summed E-state index contributed by atoms with van der Waals surface area (Å²) in [6.45, 7) is 0. The number of benzene rings is 1. The molecule has 0 fully saturated rings. The first-order chi connectivity index (χ1) is 8.60. The Bertz CT molecular complexity index is 620. The molecule has 1 aromatic heterocycles. The van der Waals surface area contributed by atoms with E-state index in [1.54, 1.807) is 0 Å². The van der Waals surface area contributed by atoms with Crippen LogP contribution in [0.25, 0.3) is 0 Å². The van der Waals surface area contributed by atoms with E-state index in [0.29, 0.717) is 11.4 Å². The van der Waals surface area contributed by atoms with Crippen molar-refractivity contribution in [2.75, 3.05) is 5.32 Å². The zero-order chi connectivity index (χ0) is 13.1. The first-order valence-electron chi connectivity index (χ1n) is 4.88. The molecule has 0 aliphatic heterocycles.